The summed E-state index contributed by atoms with van der Waals surface area (Å²) in [7, 11) is 0. The van der Waals surface area contributed by atoms with Crippen LogP contribution >= 0.6 is 11.6 Å². The summed E-state index contributed by atoms with van der Waals surface area (Å²) in [5.41, 5.74) is 1.53. The van der Waals surface area contributed by atoms with Crippen LogP contribution in [0.4, 0.5) is 4.39 Å². The molecule has 21 heavy (non-hydrogen) atoms. The summed E-state index contributed by atoms with van der Waals surface area (Å²) < 4.78 is 13.6. The summed E-state index contributed by atoms with van der Waals surface area (Å²) in [6.07, 6.45) is 0. The van der Waals surface area contributed by atoms with Crippen molar-refractivity contribution in [3.63, 3.8) is 0 Å². The number of para-hydroxylation sites is 2. The van der Waals surface area contributed by atoms with Crippen molar-refractivity contribution < 1.29 is 9.18 Å². The first kappa shape index (κ1) is 13.6. The molecule has 0 aliphatic heterocycles. The number of H-pyrrole nitrogens is 1. The van der Waals surface area contributed by atoms with Gasteiger partial charge in [0.25, 0.3) is 5.91 Å². The van der Waals surface area contributed by atoms with E-state index in [1.54, 1.807) is 0 Å². The van der Waals surface area contributed by atoms with Gasteiger partial charge in [0.2, 0.25) is 0 Å². The molecule has 0 fully saturated rings. The molecule has 0 bridgehead atoms. The topological polar surface area (TPSA) is 57.8 Å². The van der Waals surface area contributed by atoms with Crippen LogP contribution in [0.1, 0.15) is 16.2 Å². The second-order valence-corrected chi connectivity index (χ2v) is 4.89. The van der Waals surface area contributed by atoms with Crippen molar-refractivity contribution in [3.8, 4) is 0 Å². The number of halogens is 2. The zero-order chi connectivity index (χ0) is 14.8. The smallest absolute Gasteiger partial charge is 0.256 e. The lowest BCUT2D eigenvalue weighted by atomic mass is 10.2. The lowest BCUT2D eigenvalue weighted by Crippen LogP contribution is -2.24. The molecular formula is C15H11ClFN3O. The Bertz CT molecular complexity index is 762. The van der Waals surface area contributed by atoms with Crippen molar-refractivity contribution in [2.24, 2.45) is 0 Å². The van der Waals surface area contributed by atoms with E-state index in [1.165, 1.54) is 18.2 Å². The van der Waals surface area contributed by atoms with Gasteiger partial charge < -0.3 is 10.3 Å². The summed E-state index contributed by atoms with van der Waals surface area (Å²) in [4.78, 5) is 19.4. The van der Waals surface area contributed by atoms with Gasteiger partial charge in [-0.2, -0.15) is 0 Å². The van der Waals surface area contributed by atoms with Gasteiger partial charge in [-0.1, -0.05) is 29.8 Å². The minimum atomic E-state index is -0.649. The predicted octanol–water partition coefficient (Wildman–Crippen LogP) is 3.29. The lowest BCUT2D eigenvalue weighted by Gasteiger charge is -2.06. The third-order valence-electron chi connectivity index (χ3n) is 3.04. The van der Waals surface area contributed by atoms with Gasteiger partial charge in [-0.3, -0.25) is 4.79 Å². The molecule has 2 aromatic carbocycles. The maximum absolute atomic E-state index is 13.6. The highest BCUT2D eigenvalue weighted by molar-refractivity contribution is 6.33. The molecular weight excluding hydrogens is 293 g/mol. The Hall–Kier alpha value is -2.40. The molecule has 6 heteroatoms. The maximum Gasteiger partial charge on any atom is 0.256 e. The van der Waals surface area contributed by atoms with Crippen molar-refractivity contribution in [3.05, 3.63) is 64.7 Å². The van der Waals surface area contributed by atoms with Crippen LogP contribution in [0.25, 0.3) is 11.0 Å². The van der Waals surface area contributed by atoms with E-state index in [4.69, 9.17) is 11.6 Å². The number of nitrogens with one attached hydrogen (secondary N) is 2. The summed E-state index contributed by atoms with van der Waals surface area (Å²) in [5.74, 6) is -0.625. The molecule has 2 N–H and O–H groups in total. The number of amides is 1. The van der Waals surface area contributed by atoms with E-state index in [1.807, 2.05) is 24.3 Å². The van der Waals surface area contributed by atoms with E-state index in [0.717, 1.165) is 11.0 Å². The molecule has 0 saturated heterocycles. The fraction of sp³-hybridized carbons (Fsp3) is 0.0667. The summed E-state index contributed by atoms with van der Waals surface area (Å²) in [5, 5.41) is 2.68. The number of aromatic amines is 1. The number of aromatic nitrogens is 2. The number of hydrogen-bond donors (Lipinski definition) is 2. The maximum atomic E-state index is 13.6. The minimum absolute atomic E-state index is 0.0807. The van der Waals surface area contributed by atoms with E-state index < -0.39 is 11.7 Å². The number of carbonyl (C=O) groups excluding carboxylic acids is 1. The lowest BCUT2D eigenvalue weighted by molar-refractivity contribution is 0.0946. The highest BCUT2D eigenvalue weighted by Gasteiger charge is 2.15. The average molecular weight is 304 g/mol. The van der Waals surface area contributed by atoms with Gasteiger partial charge in [-0.15, -0.1) is 0 Å². The predicted molar refractivity (Wildman–Crippen MR) is 78.7 cm³/mol. The molecule has 1 aromatic heterocycles. The first-order valence-corrected chi connectivity index (χ1v) is 6.69. The van der Waals surface area contributed by atoms with Crippen LogP contribution in [-0.2, 0) is 6.54 Å². The molecule has 0 aliphatic rings. The Balaban J connectivity index is 1.76. The van der Waals surface area contributed by atoms with Crippen molar-refractivity contribution >= 4 is 28.5 Å². The zero-order valence-corrected chi connectivity index (χ0v) is 11.6. The Morgan fingerprint density at radius 3 is 2.81 bits per heavy atom. The quantitative estimate of drug-likeness (QED) is 0.780. The summed E-state index contributed by atoms with van der Waals surface area (Å²) in [6.45, 7) is 0.165. The first-order chi connectivity index (χ1) is 10.1. The monoisotopic (exact) mass is 303 g/mol. The van der Waals surface area contributed by atoms with Gasteiger partial charge in [-0.25, -0.2) is 9.37 Å². The van der Waals surface area contributed by atoms with Crippen LogP contribution in [0.2, 0.25) is 5.02 Å². The van der Waals surface area contributed by atoms with E-state index in [-0.39, 0.29) is 17.1 Å². The van der Waals surface area contributed by atoms with Crippen LogP contribution in [-0.4, -0.2) is 15.9 Å². The molecule has 1 heterocycles. The van der Waals surface area contributed by atoms with Gasteiger partial charge in [0.15, 0.2) is 0 Å². The van der Waals surface area contributed by atoms with Gasteiger partial charge in [-0.05, 0) is 24.3 Å². The molecule has 3 aromatic rings. The molecule has 1 amide bonds. The fourth-order valence-electron chi connectivity index (χ4n) is 2.06. The van der Waals surface area contributed by atoms with Crippen LogP contribution in [0.5, 0.6) is 0 Å². The first-order valence-electron chi connectivity index (χ1n) is 6.31. The average Bonchev–Trinajstić information content (AvgIpc) is 2.87. The number of fused-ring (bicyclic) bond motifs is 1. The third kappa shape index (κ3) is 2.73. The number of rotatable bonds is 3. The Labute approximate surface area is 125 Å². The third-order valence-corrected chi connectivity index (χ3v) is 3.36. The van der Waals surface area contributed by atoms with Gasteiger partial charge in [0.1, 0.15) is 11.6 Å². The van der Waals surface area contributed by atoms with E-state index >= 15 is 0 Å². The summed E-state index contributed by atoms with van der Waals surface area (Å²) >= 11 is 5.85. The van der Waals surface area contributed by atoms with Crippen LogP contribution in [0, 0.1) is 5.82 Å². The number of hydrogen-bond acceptors (Lipinski definition) is 2. The minimum Gasteiger partial charge on any atom is -0.345 e. The molecule has 0 atom stereocenters. The molecule has 0 unspecified atom stereocenters. The molecule has 0 aliphatic carbocycles. The van der Waals surface area contributed by atoms with Crippen molar-refractivity contribution in [2.75, 3.05) is 0 Å². The second-order valence-electron chi connectivity index (χ2n) is 4.48. The molecule has 0 spiro atoms. The SMILES string of the molecule is O=C(NCc1nc2ccccc2[nH]1)c1c(F)cccc1Cl. The van der Waals surface area contributed by atoms with Gasteiger partial charge >= 0.3 is 0 Å². The highest BCUT2D eigenvalue weighted by Crippen LogP contribution is 2.18. The Morgan fingerprint density at radius 2 is 2.05 bits per heavy atom. The van der Waals surface area contributed by atoms with Crippen molar-refractivity contribution in [1.29, 1.82) is 0 Å². The molecule has 4 nitrogen and oxygen atoms in total. The van der Waals surface area contributed by atoms with Gasteiger partial charge in [0.05, 0.1) is 28.2 Å². The van der Waals surface area contributed by atoms with Crippen LogP contribution < -0.4 is 5.32 Å². The molecule has 0 radical (unpaired) electrons. The Kier molecular flexibility index (Phi) is 3.58. The number of carbonyl (C=O) groups is 1. The Morgan fingerprint density at radius 1 is 1.24 bits per heavy atom. The molecule has 106 valence electrons. The van der Waals surface area contributed by atoms with Gasteiger partial charge in [0, 0.05) is 0 Å². The number of nitrogens with zero attached hydrogens (tertiary/aromatic N) is 1. The van der Waals surface area contributed by atoms with E-state index in [2.05, 4.69) is 15.3 Å². The molecule has 3 rings (SSSR count). The molecule has 0 saturated carbocycles. The number of imidazole rings is 1. The van der Waals surface area contributed by atoms with Crippen molar-refractivity contribution in [2.45, 2.75) is 6.54 Å². The highest BCUT2D eigenvalue weighted by atomic mass is 35.5. The fourth-order valence-corrected chi connectivity index (χ4v) is 2.31. The summed E-state index contributed by atoms with van der Waals surface area (Å²) in [6, 6.07) is 11.6. The largest absolute Gasteiger partial charge is 0.345 e. The van der Waals surface area contributed by atoms with Crippen molar-refractivity contribution in [1.82, 2.24) is 15.3 Å². The second kappa shape index (κ2) is 5.54. The number of benzene rings is 2. The normalized spacial score (nSPS) is 10.8. The van der Waals surface area contributed by atoms with Crippen LogP contribution in [0.3, 0.4) is 0 Å². The van der Waals surface area contributed by atoms with E-state index in [9.17, 15) is 9.18 Å². The van der Waals surface area contributed by atoms with Crippen LogP contribution in [0.15, 0.2) is 42.5 Å². The standard InChI is InChI=1S/C15H11ClFN3O/c16-9-4-3-5-10(17)14(9)15(21)18-8-13-19-11-6-1-2-7-12(11)20-13/h1-7H,8H2,(H,18,21)(H,19,20). The van der Waals surface area contributed by atoms with E-state index in [0.29, 0.717) is 5.82 Å². The zero-order valence-electron chi connectivity index (χ0n) is 10.9.